The first-order valence-corrected chi connectivity index (χ1v) is 6.67. The summed E-state index contributed by atoms with van der Waals surface area (Å²) in [6, 6.07) is 8.56. The number of nitrogens with two attached hydrogens (primary N) is 1. The van der Waals surface area contributed by atoms with E-state index >= 15 is 0 Å². The van der Waals surface area contributed by atoms with Crippen molar-refractivity contribution < 1.29 is 4.39 Å². The lowest BCUT2D eigenvalue weighted by Gasteiger charge is -2.19. The van der Waals surface area contributed by atoms with Crippen molar-refractivity contribution in [2.45, 2.75) is 19.9 Å². The number of pyridine rings is 1. The Kier molecular flexibility index (Phi) is 4.29. The molecule has 0 amide bonds. The number of hydrogen-bond acceptors (Lipinski definition) is 3. The summed E-state index contributed by atoms with van der Waals surface area (Å²) in [5, 5.41) is 0. The molecular formula is C14H15BrFN3. The fourth-order valence-corrected chi connectivity index (χ4v) is 2.52. The number of halogens is 2. The number of rotatable bonds is 3. The smallest absolute Gasteiger partial charge is 0.142 e. The van der Waals surface area contributed by atoms with Crippen LogP contribution in [0.25, 0.3) is 0 Å². The first-order valence-electron chi connectivity index (χ1n) is 5.88. The van der Waals surface area contributed by atoms with E-state index in [2.05, 4.69) is 26.3 Å². The second-order valence-corrected chi connectivity index (χ2v) is 5.28. The van der Waals surface area contributed by atoms with Crippen molar-refractivity contribution >= 4 is 15.9 Å². The third kappa shape index (κ3) is 3.00. The largest absolute Gasteiger partial charge is 0.271 e. The van der Waals surface area contributed by atoms with Gasteiger partial charge in [0.05, 0.1) is 10.5 Å². The monoisotopic (exact) mass is 323 g/mol. The first kappa shape index (κ1) is 14.1. The van der Waals surface area contributed by atoms with Crippen LogP contribution in [-0.4, -0.2) is 4.98 Å². The van der Waals surface area contributed by atoms with E-state index in [1.165, 1.54) is 0 Å². The van der Waals surface area contributed by atoms with Gasteiger partial charge < -0.3 is 0 Å². The Morgan fingerprint density at radius 1 is 1.26 bits per heavy atom. The molecule has 5 heteroatoms. The fourth-order valence-electron chi connectivity index (χ4n) is 2.14. The van der Waals surface area contributed by atoms with Gasteiger partial charge in [0.2, 0.25) is 0 Å². The third-order valence-electron chi connectivity index (χ3n) is 2.90. The lowest BCUT2D eigenvalue weighted by molar-refractivity contribution is 0.555. The van der Waals surface area contributed by atoms with Crippen molar-refractivity contribution in [3.05, 3.63) is 63.1 Å². The molecule has 0 bridgehead atoms. The van der Waals surface area contributed by atoms with Crippen molar-refractivity contribution in [2.24, 2.45) is 5.84 Å². The van der Waals surface area contributed by atoms with Crippen molar-refractivity contribution in [1.29, 1.82) is 0 Å². The summed E-state index contributed by atoms with van der Waals surface area (Å²) in [5.41, 5.74) is 5.82. The second-order valence-electron chi connectivity index (χ2n) is 4.43. The molecule has 0 aliphatic rings. The molecule has 0 saturated heterocycles. The number of nitrogens with zero attached hydrogens (tertiary/aromatic N) is 1. The molecule has 0 saturated carbocycles. The minimum Gasteiger partial charge on any atom is -0.271 e. The molecule has 1 unspecified atom stereocenters. The summed E-state index contributed by atoms with van der Waals surface area (Å²) in [7, 11) is 0. The van der Waals surface area contributed by atoms with E-state index < -0.39 is 6.04 Å². The zero-order valence-electron chi connectivity index (χ0n) is 10.7. The zero-order chi connectivity index (χ0) is 14.0. The highest BCUT2D eigenvalue weighted by molar-refractivity contribution is 9.10. The minimum absolute atomic E-state index is 0.308. The molecular weight excluding hydrogens is 309 g/mol. The number of hydrazine groups is 1. The maximum Gasteiger partial charge on any atom is 0.142 e. The summed E-state index contributed by atoms with van der Waals surface area (Å²) < 4.78 is 14.6. The van der Waals surface area contributed by atoms with Crippen molar-refractivity contribution in [3.8, 4) is 0 Å². The van der Waals surface area contributed by atoms with Gasteiger partial charge in [0.25, 0.3) is 0 Å². The quantitative estimate of drug-likeness (QED) is 0.674. The molecule has 0 aliphatic carbocycles. The van der Waals surface area contributed by atoms with Crippen LogP contribution in [-0.2, 0) is 0 Å². The van der Waals surface area contributed by atoms with Crippen molar-refractivity contribution in [1.82, 2.24) is 10.4 Å². The van der Waals surface area contributed by atoms with Gasteiger partial charge in [-0.15, -0.1) is 0 Å². The van der Waals surface area contributed by atoms with E-state index in [1.807, 2.05) is 26.0 Å². The fraction of sp³-hybridized carbons (Fsp3) is 0.214. The summed E-state index contributed by atoms with van der Waals surface area (Å²) in [6.07, 6.45) is 0. The Balaban J connectivity index is 2.53. The number of nitrogens with one attached hydrogen (secondary N) is 1. The lowest BCUT2D eigenvalue weighted by Crippen LogP contribution is -2.29. The van der Waals surface area contributed by atoms with Crippen LogP contribution < -0.4 is 11.3 Å². The van der Waals surface area contributed by atoms with Gasteiger partial charge in [0.15, 0.2) is 0 Å². The minimum atomic E-state index is -0.405. The summed E-state index contributed by atoms with van der Waals surface area (Å²) in [4.78, 5) is 4.31. The molecule has 0 aliphatic heterocycles. The standard InChI is InChI=1S/C14H15BrFN3/c1-8-6-10(7-9(2)18-8)14(19-17)11-4-3-5-12(15)13(11)16/h3-7,14,19H,17H2,1-2H3. The molecule has 2 aromatic rings. The molecule has 1 aromatic heterocycles. The van der Waals surface area contributed by atoms with E-state index in [-0.39, 0.29) is 5.82 Å². The van der Waals surface area contributed by atoms with Gasteiger partial charge in [-0.05, 0) is 53.5 Å². The summed E-state index contributed by atoms with van der Waals surface area (Å²) in [5.74, 6) is 5.30. The average molecular weight is 324 g/mol. The van der Waals surface area contributed by atoms with Crippen LogP contribution in [0, 0.1) is 19.7 Å². The van der Waals surface area contributed by atoms with Crippen molar-refractivity contribution in [2.75, 3.05) is 0 Å². The van der Waals surface area contributed by atoms with Crippen molar-refractivity contribution in [3.63, 3.8) is 0 Å². The maximum absolute atomic E-state index is 14.2. The van der Waals surface area contributed by atoms with E-state index in [1.54, 1.807) is 18.2 Å². The molecule has 19 heavy (non-hydrogen) atoms. The predicted octanol–water partition coefficient (Wildman–Crippen LogP) is 3.15. The van der Waals surface area contributed by atoms with Gasteiger partial charge in [-0.2, -0.15) is 0 Å². The molecule has 0 radical (unpaired) electrons. The Labute approximate surface area is 120 Å². The Morgan fingerprint density at radius 3 is 2.47 bits per heavy atom. The predicted molar refractivity (Wildman–Crippen MR) is 77.0 cm³/mol. The van der Waals surface area contributed by atoms with Gasteiger partial charge in [-0.25, -0.2) is 9.82 Å². The van der Waals surface area contributed by atoms with E-state index in [0.29, 0.717) is 10.0 Å². The molecule has 0 spiro atoms. The van der Waals surface area contributed by atoms with Gasteiger partial charge in [-0.1, -0.05) is 12.1 Å². The molecule has 1 heterocycles. The Hall–Kier alpha value is -1.30. The van der Waals surface area contributed by atoms with Gasteiger partial charge >= 0.3 is 0 Å². The zero-order valence-corrected chi connectivity index (χ0v) is 12.3. The van der Waals surface area contributed by atoms with Crippen LogP contribution in [0.1, 0.15) is 28.6 Å². The van der Waals surface area contributed by atoms with Gasteiger partial charge in [0.1, 0.15) is 5.82 Å². The highest BCUT2D eigenvalue weighted by Crippen LogP contribution is 2.28. The number of aryl methyl sites for hydroxylation is 2. The molecule has 3 nitrogen and oxygen atoms in total. The SMILES string of the molecule is Cc1cc(C(NN)c2cccc(Br)c2F)cc(C)n1. The molecule has 1 aromatic carbocycles. The number of hydrogen-bond donors (Lipinski definition) is 2. The molecule has 100 valence electrons. The van der Waals surface area contributed by atoms with E-state index in [4.69, 9.17) is 5.84 Å². The second kappa shape index (κ2) is 5.77. The Bertz CT molecular complexity index is 581. The average Bonchev–Trinajstić information content (AvgIpc) is 2.34. The lowest BCUT2D eigenvalue weighted by atomic mass is 9.98. The normalized spacial score (nSPS) is 12.5. The van der Waals surface area contributed by atoms with Crippen LogP contribution in [0.2, 0.25) is 0 Å². The summed E-state index contributed by atoms with van der Waals surface area (Å²) >= 11 is 3.19. The topological polar surface area (TPSA) is 50.9 Å². The van der Waals surface area contributed by atoms with Gasteiger partial charge in [-0.3, -0.25) is 10.8 Å². The number of aromatic nitrogens is 1. The highest BCUT2D eigenvalue weighted by Gasteiger charge is 2.18. The molecule has 3 N–H and O–H groups in total. The van der Waals surface area contributed by atoms with E-state index in [0.717, 1.165) is 17.0 Å². The van der Waals surface area contributed by atoms with Crippen LogP contribution in [0.4, 0.5) is 4.39 Å². The summed E-state index contributed by atoms with van der Waals surface area (Å²) in [6.45, 7) is 3.81. The molecule has 1 atom stereocenters. The first-order chi connectivity index (χ1) is 9.02. The van der Waals surface area contributed by atoms with Crippen LogP contribution in [0.5, 0.6) is 0 Å². The van der Waals surface area contributed by atoms with Crippen LogP contribution in [0.15, 0.2) is 34.8 Å². The number of benzene rings is 1. The maximum atomic E-state index is 14.2. The van der Waals surface area contributed by atoms with E-state index in [9.17, 15) is 4.39 Å². The van der Waals surface area contributed by atoms with Gasteiger partial charge in [0, 0.05) is 17.0 Å². The highest BCUT2D eigenvalue weighted by atomic mass is 79.9. The van der Waals surface area contributed by atoms with Crippen LogP contribution >= 0.6 is 15.9 Å². The molecule has 0 fully saturated rings. The molecule has 2 rings (SSSR count). The third-order valence-corrected chi connectivity index (χ3v) is 3.51. The van der Waals surface area contributed by atoms with Crippen LogP contribution in [0.3, 0.4) is 0 Å². The Morgan fingerprint density at radius 2 is 1.89 bits per heavy atom.